The van der Waals surface area contributed by atoms with Crippen LogP contribution in [0.3, 0.4) is 0 Å². The quantitative estimate of drug-likeness (QED) is 0.00693. The molecule has 0 bridgehead atoms. The summed E-state index contributed by atoms with van der Waals surface area (Å²) in [6.07, 6.45) is 6.05. The smallest absolute Gasteiger partial charge is 0.321 e. The first kappa shape index (κ1) is 105. The third kappa shape index (κ3) is 34.4. The highest BCUT2D eigenvalue weighted by Gasteiger charge is 2.37. The number of hydrogen-bond donors (Lipinski definition) is 0. The Morgan fingerprint density at radius 3 is 0.724 bits per heavy atom. The largest absolute Gasteiger partial charge is 0.457 e. The molecule has 0 aromatic heterocycles. The molecule has 0 saturated carbocycles. The van der Waals surface area contributed by atoms with E-state index in [4.69, 9.17) is 33.2 Å². The van der Waals surface area contributed by atoms with Crippen LogP contribution < -0.4 is 23.7 Å². The Morgan fingerprint density at radius 1 is 0.231 bits per heavy atom. The summed E-state index contributed by atoms with van der Waals surface area (Å²) in [5.74, 6) is 2.30. The zero-order valence-electron chi connectivity index (χ0n) is 74.1. The molecular formula is C112H104I5O12S5+5. The molecule has 0 fully saturated rings. The highest BCUT2D eigenvalue weighted by Crippen LogP contribution is 2.42. The number of esters is 5. The molecular weight excluding hydrogens is 2330 g/mol. The highest BCUT2D eigenvalue weighted by molar-refractivity contribution is 14.1. The summed E-state index contributed by atoms with van der Waals surface area (Å²) < 4.78 is 41.3. The maximum Gasteiger partial charge on any atom is 0.321 e. The minimum absolute atomic E-state index is 0.0748. The summed E-state index contributed by atoms with van der Waals surface area (Å²) in [6.45, 7) is 3.41. The van der Waals surface area contributed by atoms with E-state index in [9.17, 15) is 24.0 Å². The number of ether oxygens (including phenoxy) is 7. The van der Waals surface area contributed by atoms with Gasteiger partial charge in [-0.05, 0) is 261 Å². The molecule has 0 spiro atoms. The summed E-state index contributed by atoms with van der Waals surface area (Å²) in [7, 11) is -1.34. The van der Waals surface area contributed by atoms with E-state index in [-0.39, 0.29) is 106 Å². The second-order valence-electron chi connectivity index (χ2n) is 29.1. The third-order valence-electron chi connectivity index (χ3n) is 19.3. The normalized spacial score (nSPS) is 11.2. The molecule has 2 atom stereocenters. The van der Waals surface area contributed by atoms with Gasteiger partial charge in [0.1, 0.15) is 52.0 Å². The molecule has 684 valence electrons. The number of para-hydroxylation sites is 3. The lowest BCUT2D eigenvalue weighted by Gasteiger charge is -2.13. The minimum Gasteiger partial charge on any atom is -0.457 e. The zero-order chi connectivity index (χ0) is 94.1. The molecule has 15 aromatic carbocycles. The Bertz CT molecular complexity index is 5750. The topological polar surface area (TPSA) is 150 Å². The van der Waals surface area contributed by atoms with E-state index in [0.717, 1.165) is 65.8 Å². The van der Waals surface area contributed by atoms with Gasteiger partial charge in [-0.3, -0.25) is 24.0 Å². The van der Waals surface area contributed by atoms with E-state index in [1.165, 1.54) is 58.7 Å². The van der Waals surface area contributed by atoms with Gasteiger partial charge >= 0.3 is 29.8 Å². The van der Waals surface area contributed by atoms with E-state index < -0.39 is 0 Å². The predicted molar refractivity (Wildman–Crippen MR) is 588 cm³/mol. The molecule has 12 nitrogen and oxygen atoms in total. The molecule has 134 heavy (non-hydrogen) atoms. The molecule has 15 rings (SSSR count). The molecule has 0 amide bonds. The maximum absolute atomic E-state index is 12.3. The van der Waals surface area contributed by atoms with Crippen molar-refractivity contribution >= 4 is 197 Å². The van der Waals surface area contributed by atoms with E-state index in [0.29, 0.717) is 42.3 Å². The SMILES string of the molecule is CC(I)C(=O)OCOc1ccc([S+](c2ccccc2)c2ccccc2)cc1.CC(I)C(=O)OCOc1ccccc1[S+](c1ccccc1)c1ccccc1.O=C(CCCCI)Oc1ccc([S+](c2ccccc2)c2ccccc2)cc1.O=C(CCCCI)Oc1ccccc1[S+](c1ccccc1)c1ccccc1.O=C(CCCI)Oc1ccccc1[S+](c1ccccc1)c1ccccc1. The van der Waals surface area contributed by atoms with E-state index in [1.807, 2.05) is 233 Å². The number of carbonyl (C=O) groups is 5. The van der Waals surface area contributed by atoms with Crippen LogP contribution in [0.25, 0.3) is 0 Å². The fourth-order valence-electron chi connectivity index (χ4n) is 13.0. The average Bonchev–Trinajstić information content (AvgIpc) is 0.796. The van der Waals surface area contributed by atoms with Crippen LogP contribution >= 0.6 is 113 Å². The Hall–Kier alpha value is -9.35. The summed E-state index contributed by atoms with van der Waals surface area (Å²) in [6, 6.07) is 144. The van der Waals surface area contributed by atoms with Gasteiger partial charge in [-0.2, -0.15) is 0 Å². The van der Waals surface area contributed by atoms with Crippen molar-refractivity contribution in [2.45, 2.75) is 146 Å². The van der Waals surface area contributed by atoms with Crippen molar-refractivity contribution in [3.63, 3.8) is 0 Å². The first-order valence-corrected chi connectivity index (χ1v) is 56.7. The molecule has 0 aliphatic carbocycles. The van der Waals surface area contributed by atoms with Crippen molar-refractivity contribution in [2.75, 3.05) is 26.9 Å². The Labute approximate surface area is 871 Å². The molecule has 0 aliphatic heterocycles. The number of halogens is 5. The number of alkyl halides is 5. The average molecular weight is 2440 g/mol. The van der Waals surface area contributed by atoms with Gasteiger partial charge in [0.05, 0.1) is 21.8 Å². The lowest BCUT2D eigenvalue weighted by molar-refractivity contribution is -0.149. The zero-order valence-corrected chi connectivity index (χ0v) is 89.0. The highest BCUT2D eigenvalue weighted by atomic mass is 127. The van der Waals surface area contributed by atoms with Crippen LogP contribution in [0, 0.1) is 0 Å². The van der Waals surface area contributed by atoms with Crippen molar-refractivity contribution in [3.05, 3.63) is 425 Å². The Morgan fingerprint density at radius 2 is 0.448 bits per heavy atom. The second kappa shape index (κ2) is 59.6. The summed E-state index contributed by atoms with van der Waals surface area (Å²) in [5, 5.41) is 0. The molecule has 2 unspecified atom stereocenters. The van der Waals surface area contributed by atoms with Gasteiger partial charge in [0, 0.05) is 23.7 Å². The van der Waals surface area contributed by atoms with Gasteiger partial charge in [-0.1, -0.05) is 331 Å². The Balaban J connectivity index is 0.000000161. The third-order valence-corrected chi connectivity index (χ3v) is 33.9. The molecule has 15 aromatic rings. The first-order valence-electron chi connectivity index (χ1n) is 43.5. The van der Waals surface area contributed by atoms with Crippen molar-refractivity contribution < 1.29 is 57.1 Å². The standard InChI is InChI=1S/2C23H22IO2S.2C22H20IO3S.C22H20IO2S/c24-18-10-9-17-23(25)26-21-15-7-8-16-22(21)27(19-11-3-1-4-12-19)20-13-5-2-6-14-20;24-18-8-7-13-23(25)26-19-14-16-22(17-15-19)27(20-9-3-1-4-10-20)21-11-5-2-6-12-21;1-17(23)22(24)26-16-25-20-14-8-9-15-21(20)27(18-10-4-2-5-11-18)19-12-6-3-7-13-19;1-17(23)22(24)26-16-25-18-12-14-21(15-13-18)27(19-8-4-2-5-9-19)20-10-6-3-7-11-20;23-17-9-16-22(24)25-20-14-7-8-15-21(20)26(18-10-3-1-4-11-18)19-12-5-2-6-13-19/h1-8,11-16H,9-10,17-18H2;1-6,9-12,14-17H,7-8,13,18H2;2*2-15,17H,16H2,1H3;1-8,10-15H,9,16-17H2/q5*+1. The van der Waals surface area contributed by atoms with Gasteiger partial charge in [0.2, 0.25) is 28.3 Å². The van der Waals surface area contributed by atoms with Gasteiger partial charge in [0.25, 0.3) is 0 Å². The van der Waals surface area contributed by atoms with Crippen molar-refractivity contribution in [1.82, 2.24) is 0 Å². The summed E-state index contributed by atoms with van der Waals surface area (Å²) >= 11 is 11.0. The Kier molecular flexibility index (Phi) is 46.8. The molecule has 0 radical (unpaired) electrons. The lowest BCUT2D eigenvalue weighted by atomic mass is 10.2. The van der Waals surface area contributed by atoms with Crippen LogP contribution in [0.2, 0.25) is 0 Å². The van der Waals surface area contributed by atoms with Crippen LogP contribution in [0.4, 0.5) is 0 Å². The predicted octanol–water partition coefficient (Wildman–Crippen LogP) is 29.5. The van der Waals surface area contributed by atoms with E-state index in [2.05, 4.69) is 304 Å². The van der Waals surface area contributed by atoms with Gasteiger partial charge in [-0.25, -0.2) is 0 Å². The number of benzene rings is 15. The fourth-order valence-corrected chi connectivity index (χ4v) is 25.5. The number of unbranched alkanes of at least 4 members (excludes halogenated alkanes) is 2. The second-order valence-corrected chi connectivity index (χ2v) is 46.1. The monoisotopic (exact) mass is 2440 g/mol. The van der Waals surface area contributed by atoms with Gasteiger partial charge < -0.3 is 33.2 Å². The minimum atomic E-state index is -0.328. The summed E-state index contributed by atoms with van der Waals surface area (Å²) in [5.41, 5.74) is 0. The maximum atomic E-state index is 12.3. The molecule has 22 heteroatoms. The molecule has 0 saturated heterocycles. The van der Waals surface area contributed by atoms with E-state index >= 15 is 0 Å². The molecule has 0 aliphatic rings. The van der Waals surface area contributed by atoms with Crippen LogP contribution in [0.1, 0.15) is 65.2 Å². The van der Waals surface area contributed by atoms with Crippen LogP contribution in [-0.4, -0.2) is 64.6 Å². The van der Waals surface area contributed by atoms with E-state index in [1.54, 1.807) is 13.8 Å². The van der Waals surface area contributed by atoms with Gasteiger partial charge in [-0.15, -0.1) is 0 Å². The molecule has 0 heterocycles. The number of carbonyl (C=O) groups excluding carboxylic acids is 5. The van der Waals surface area contributed by atoms with Gasteiger partial charge in [0.15, 0.2) is 76.0 Å². The number of hydrogen-bond acceptors (Lipinski definition) is 12. The van der Waals surface area contributed by atoms with Crippen LogP contribution in [0.5, 0.6) is 28.7 Å². The van der Waals surface area contributed by atoms with Crippen LogP contribution in [0.15, 0.2) is 498 Å². The summed E-state index contributed by atoms with van der Waals surface area (Å²) in [4.78, 5) is 77.5. The lowest BCUT2D eigenvalue weighted by Crippen LogP contribution is -2.17. The van der Waals surface area contributed by atoms with Crippen molar-refractivity contribution in [1.29, 1.82) is 0 Å². The van der Waals surface area contributed by atoms with Crippen molar-refractivity contribution in [2.24, 2.45) is 0 Å². The first-order chi connectivity index (χ1) is 65.7. The fraction of sp³-hybridized carbons (Fsp3) is 0.152. The van der Waals surface area contributed by atoms with Crippen LogP contribution in [-0.2, 0) is 87.9 Å². The van der Waals surface area contributed by atoms with Crippen molar-refractivity contribution in [3.8, 4) is 28.7 Å². The number of rotatable bonds is 37. The molecule has 0 N–H and O–H groups in total.